The zero-order chi connectivity index (χ0) is 20.1. The lowest BCUT2D eigenvalue weighted by Gasteiger charge is -2.25. The number of halogens is 1. The summed E-state index contributed by atoms with van der Waals surface area (Å²) >= 11 is 0. The first-order valence-electron chi connectivity index (χ1n) is 8.50. The predicted molar refractivity (Wildman–Crippen MR) is 106 cm³/mol. The van der Waals surface area contributed by atoms with Gasteiger partial charge < -0.3 is 9.47 Å². The van der Waals surface area contributed by atoms with Crippen LogP contribution in [0.25, 0.3) is 0 Å². The second kappa shape index (κ2) is 8.31. The van der Waals surface area contributed by atoms with Gasteiger partial charge in [0.15, 0.2) is 11.5 Å². The summed E-state index contributed by atoms with van der Waals surface area (Å²) in [7, 11) is -1.20. The van der Waals surface area contributed by atoms with Crippen molar-refractivity contribution in [2.75, 3.05) is 18.5 Å². The molecule has 0 unspecified atom stereocenters. The highest BCUT2D eigenvalue weighted by molar-refractivity contribution is 7.92. The lowest BCUT2D eigenvalue weighted by Crippen LogP contribution is -2.31. The molecular formula is C21H20FNO4S. The molecule has 0 amide bonds. The number of methoxy groups -OCH3 is 2. The second-order valence-electron chi connectivity index (χ2n) is 5.97. The molecule has 0 saturated heterocycles. The Morgan fingerprint density at radius 2 is 1.50 bits per heavy atom. The summed E-state index contributed by atoms with van der Waals surface area (Å²) in [5.41, 5.74) is 1.10. The van der Waals surface area contributed by atoms with E-state index in [4.69, 9.17) is 9.47 Å². The van der Waals surface area contributed by atoms with Crippen molar-refractivity contribution < 1.29 is 22.3 Å². The topological polar surface area (TPSA) is 55.8 Å². The van der Waals surface area contributed by atoms with Crippen molar-refractivity contribution in [2.24, 2.45) is 0 Å². The molecular weight excluding hydrogens is 381 g/mol. The Morgan fingerprint density at radius 3 is 2.14 bits per heavy atom. The van der Waals surface area contributed by atoms with Crippen LogP contribution >= 0.6 is 0 Å². The van der Waals surface area contributed by atoms with Crippen LogP contribution in [0, 0.1) is 5.82 Å². The Labute approximate surface area is 164 Å². The van der Waals surface area contributed by atoms with E-state index in [9.17, 15) is 12.8 Å². The average molecular weight is 401 g/mol. The van der Waals surface area contributed by atoms with Crippen LogP contribution in [0.4, 0.5) is 10.1 Å². The number of ether oxygens (including phenoxy) is 2. The highest BCUT2D eigenvalue weighted by Crippen LogP contribution is 2.35. The van der Waals surface area contributed by atoms with Gasteiger partial charge in [-0.15, -0.1) is 0 Å². The maximum atomic E-state index is 14.3. The van der Waals surface area contributed by atoms with Crippen LogP contribution in [0.2, 0.25) is 0 Å². The summed E-state index contributed by atoms with van der Waals surface area (Å²) in [6.45, 7) is 0.0347. The molecule has 0 atom stereocenters. The molecule has 0 aromatic heterocycles. The SMILES string of the molecule is COc1ccc(N(Cc2ccccc2)S(=O)(=O)c2ccccc2F)cc1OC. The smallest absolute Gasteiger partial charge is 0.267 e. The molecule has 3 aromatic carbocycles. The third kappa shape index (κ3) is 3.94. The lowest BCUT2D eigenvalue weighted by atomic mass is 10.2. The summed E-state index contributed by atoms with van der Waals surface area (Å²) in [5.74, 6) is 0.0389. The van der Waals surface area contributed by atoms with E-state index < -0.39 is 15.8 Å². The van der Waals surface area contributed by atoms with Crippen LogP contribution in [0.5, 0.6) is 11.5 Å². The van der Waals surface area contributed by atoms with E-state index in [-0.39, 0.29) is 11.4 Å². The first-order chi connectivity index (χ1) is 13.5. The van der Waals surface area contributed by atoms with Crippen LogP contribution in [0.3, 0.4) is 0 Å². The fraction of sp³-hybridized carbons (Fsp3) is 0.143. The van der Waals surface area contributed by atoms with Crippen molar-refractivity contribution in [3.63, 3.8) is 0 Å². The standard InChI is InChI=1S/C21H20FNO4S/c1-26-19-13-12-17(14-20(19)27-2)23(15-16-8-4-3-5-9-16)28(24,25)21-11-7-6-10-18(21)22/h3-14H,15H2,1-2H3. The van der Waals surface area contributed by atoms with Gasteiger partial charge in [0.25, 0.3) is 10.0 Å². The van der Waals surface area contributed by atoms with Crippen molar-refractivity contribution in [3.8, 4) is 11.5 Å². The molecule has 0 spiro atoms. The highest BCUT2D eigenvalue weighted by atomic mass is 32.2. The van der Waals surface area contributed by atoms with Gasteiger partial charge in [0.1, 0.15) is 10.7 Å². The number of benzene rings is 3. The Kier molecular flexibility index (Phi) is 5.84. The van der Waals surface area contributed by atoms with Crippen LogP contribution in [-0.2, 0) is 16.6 Å². The minimum absolute atomic E-state index is 0.0347. The minimum atomic E-state index is -4.17. The van der Waals surface area contributed by atoms with E-state index in [2.05, 4.69) is 0 Å². The van der Waals surface area contributed by atoms with E-state index in [1.165, 1.54) is 32.4 Å². The summed E-state index contributed by atoms with van der Waals surface area (Å²) in [6, 6.07) is 19.2. The van der Waals surface area contributed by atoms with Gasteiger partial charge in [-0.25, -0.2) is 12.8 Å². The number of anilines is 1. The number of sulfonamides is 1. The van der Waals surface area contributed by atoms with Gasteiger partial charge in [-0.2, -0.15) is 0 Å². The van der Waals surface area contributed by atoms with Gasteiger partial charge >= 0.3 is 0 Å². The molecule has 0 N–H and O–H groups in total. The highest BCUT2D eigenvalue weighted by Gasteiger charge is 2.28. The van der Waals surface area contributed by atoms with Crippen molar-refractivity contribution in [1.82, 2.24) is 0 Å². The predicted octanol–water partition coefficient (Wildman–Crippen LogP) is 4.24. The number of hydrogen-bond acceptors (Lipinski definition) is 4. The van der Waals surface area contributed by atoms with Crippen molar-refractivity contribution in [1.29, 1.82) is 0 Å². The Morgan fingerprint density at radius 1 is 0.857 bits per heavy atom. The third-order valence-electron chi connectivity index (χ3n) is 4.23. The minimum Gasteiger partial charge on any atom is -0.493 e. The molecule has 0 aliphatic heterocycles. The fourth-order valence-electron chi connectivity index (χ4n) is 2.82. The molecule has 0 fully saturated rings. The van der Waals surface area contributed by atoms with Crippen LogP contribution in [0.15, 0.2) is 77.7 Å². The molecule has 0 radical (unpaired) electrons. The molecule has 28 heavy (non-hydrogen) atoms. The molecule has 0 aliphatic rings. The molecule has 0 aliphatic carbocycles. The Bertz CT molecular complexity index is 1060. The van der Waals surface area contributed by atoms with E-state index in [0.29, 0.717) is 17.2 Å². The van der Waals surface area contributed by atoms with Gasteiger partial charge in [0, 0.05) is 6.07 Å². The molecule has 7 heteroatoms. The lowest BCUT2D eigenvalue weighted by molar-refractivity contribution is 0.355. The first-order valence-corrected chi connectivity index (χ1v) is 9.94. The molecule has 3 rings (SSSR count). The molecule has 146 valence electrons. The molecule has 3 aromatic rings. The van der Waals surface area contributed by atoms with Gasteiger partial charge in [0.05, 0.1) is 26.5 Å². The normalized spacial score (nSPS) is 11.1. The molecule has 0 saturated carbocycles. The van der Waals surface area contributed by atoms with E-state index in [0.717, 1.165) is 15.9 Å². The molecule has 0 heterocycles. The van der Waals surface area contributed by atoms with Crippen molar-refractivity contribution in [2.45, 2.75) is 11.4 Å². The van der Waals surface area contributed by atoms with Crippen LogP contribution in [-0.4, -0.2) is 22.6 Å². The van der Waals surface area contributed by atoms with Gasteiger partial charge in [-0.3, -0.25) is 4.31 Å². The summed E-state index contributed by atoms with van der Waals surface area (Å²) in [6.07, 6.45) is 0. The molecule has 5 nitrogen and oxygen atoms in total. The quantitative estimate of drug-likeness (QED) is 0.594. The largest absolute Gasteiger partial charge is 0.493 e. The van der Waals surface area contributed by atoms with Crippen molar-refractivity contribution in [3.05, 3.63) is 84.2 Å². The summed E-state index contributed by atoms with van der Waals surface area (Å²) in [5, 5.41) is 0. The zero-order valence-corrected chi connectivity index (χ0v) is 16.3. The average Bonchev–Trinajstić information content (AvgIpc) is 2.72. The van der Waals surface area contributed by atoms with Crippen LogP contribution in [0.1, 0.15) is 5.56 Å². The summed E-state index contributed by atoms with van der Waals surface area (Å²) < 4.78 is 52.6. The Balaban J connectivity index is 2.14. The third-order valence-corrected chi connectivity index (χ3v) is 6.04. The van der Waals surface area contributed by atoms with E-state index >= 15 is 0 Å². The maximum Gasteiger partial charge on any atom is 0.267 e. The van der Waals surface area contributed by atoms with Crippen LogP contribution < -0.4 is 13.8 Å². The second-order valence-corrected chi connectivity index (χ2v) is 7.80. The van der Waals surface area contributed by atoms with Gasteiger partial charge in [-0.05, 0) is 29.8 Å². The zero-order valence-electron chi connectivity index (χ0n) is 15.5. The summed E-state index contributed by atoms with van der Waals surface area (Å²) in [4.78, 5) is -0.388. The molecule has 0 bridgehead atoms. The van der Waals surface area contributed by atoms with Gasteiger partial charge in [0.2, 0.25) is 0 Å². The Hall–Kier alpha value is -3.06. The number of nitrogens with zero attached hydrogens (tertiary/aromatic N) is 1. The van der Waals surface area contributed by atoms with Gasteiger partial charge in [-0.1, -0.05) is 42.5 Å². The van der Waals surface area contributed by atoms with E-state index in [1.54, 1.807) is 18.2 Å². The first kappa shape index (κ1) is 19.7. The number of hydrogen-bond donors (Lipinski definition) is 0. The van der Waals surface area contributed by atoms with E-state index in [1.807, 2.05) is 30.3 Å². The number of rotatable bonds is 7. The maximum absolute atomic E-state index is 14.3. The fourth-order valence-corrected chi connectivity index (χ4v) is 4.33. The monoisotopic (exact) mass is 401 g/mol. The van der Waals surface area contributed by atoms with Crippen molar-refractivity contribution >= 4 is 15.7 Å².